The van der Waals surface area contributed by atoms with Crippen molar-refractivity contribution in [2.45, 2.75) is 37.6 Å². The molecule has 0 bridgehead atoms. The van der Waals surface area contributed by atoms with Gasteiger partial charge in [0.2, 0.25) is 0 Å². The van der Waals surface area contributed by atoms with E-state index in [9.17, 15) is 14.0 Å². The zero-order valence-electron chi connectivity index (χ0n) is 16.6. The van der Waals surface area contributed by atoms with Crippen LogP contribution in [0, 0.1) is 5.82 Å². The predicted octanol–water partition coefficient (Wildman–Crippen LogP) is 3.27. The average Bonchev–Trinajstić information content (AvgIpc) is 3.28. The first kappa shape index (κ1) is 20.2. The molecule has 1 heterocycles. The molecule has 1 amide bonds. The highest BCUT2D eigenvalue weighted by molar-refractivity contribution is 5.87. The summed E-state index contributed by atoms with van der Waals surface area (Å²) in [6.45, 7) is 0.605. The quantitative estimate of drug-likeness (QED) is 0.736. The molecule has 0 radical (unpaired) electrons. The van der Waals surface area contributed by atoms with Gasteiger partial charge in [0, 0.05) is 12.1 Å². The van der Waals surface area contributed by atoms with E-state index in [0.717, 1.165) is 18.4 Å². The van der Waals surface area contributed by atoms with E-state index in [1.54, 1.807) is 18.2 Å². The van der Waals surface area contributed by atoms with Crippen LogP contribution in [0.1, 0.15) is 36.8 Å². The van der Waals surface area contributed by atoms with Crippen LogP contribution in [-0.4, -0.2) is 31.7 Å². The maximum absolute atomic E-state index is 13.7. The van der Waals surface area contributed by atoms with E-state index < -0.39 is 29.7 Å². The summed E-state index contributed by atoms with van der Waals surface area (Å²) in [4.78, 5) is 25.2. The Morgan fingerprint density at radius 2 is 1.77 bits per heavy atom. The highest BCUT2D eigenvalue weighted by atomic mass is 19.1. The molecule has 1 aliphatic heterocycles. The first-order valence-electron chi connectivity index (χ1n) is 10.2. The van der Waals surface area contributed by atoms with Crippen molar-refractivity contribution in [3.63, 3.8) is 0 Å². The summed E-state index contributed by atoms with van der Waals surface area (Å²) in [6, 6.07) is 11.7. The summed E-state index contributed by atoms with van der Waals surface area (Å²) in [5, 5.41) is 2.59. The average molecular weight is 413 g/mol. The lowest BCUT2D eigenvalue weighted by molar-refractivity contribution is -0.154. The SMILES string of the molecule is O=C(COC(=O)C1(c2ccc3c(c2)OCCO3)CCCC1)NCc1ccccc1F. The predicted molar refractivity (Wildman–Crippen MR) is 107 cm³/mol. The van der Waals surface area contributed by atoms with Gasteiger partial charge in [-0.3, -0.25) is 9.59 Å². The fraction of sp³-hybridized carbons (Fsp3) is 0.391. The van der Waals surface area contributed by atoms with Crippen molar-refractivity contribution in [2.24, 2.45) is 0 Å². The molecule has 2 aromatic rings. The van der Waals surface area contributed by atoms with Crippen LogP contribution in [0.25, 0.3) is 0 Å². The fourth-order valence-electron chi connectivity index (χ4n) is 4.09. The molecule has 0 aromatic heterocycles. The van der Waals surface area contributed by atoms with Crippen LogP contribution in [0.5, 0.6) is 11.5 Å². The molecule has 158 valence electrons. The number of amides is 1. The second-order valence-electron chi connectivity index (χ2n) is 7.59. The van der Waals surface area contributed by atoms with Gasteiger partial charge in [-0.05, 0) is 36.6 Å². The van der Waals surface area contributed by atoms with Crippen molar-refractivity contribution in [2.75, 3.05) is 19.8 Å². The number of hydrogen-bond donors (Lipinski definition) is 1. The summed E-state index contributed by atoms with van der Waals surface area (Å²) in [5.41, 5.74) is 0.406. The normalized spacial score (nSPS) is 16.7. The molecule has 1 fully saturated rings. The van der Waals surface area contributed by atoms with Crippen LogP contribution in [-0.2, 0) is 26.3 Å². The third kappa shape index (κ3) is 4.10. The minimum Gasteiger partial charge on any atom is -0.486 e. The van der Waals surface area contributed by atoms with E-state index in [1.165, 1.54) is 6.07 Å². The molecule has 0 unspecified atom stereocenters. The number of esters is 1. The smallest absolute Gasteiger partial charge is 0.317 e. The van der Waals surface area contributed by atoms with Crippen molar-refractivity contribution in [1.82, 2.24) is 5.32 Å². The summed E-state index contributed by atoms with van der Waals surface area (Å²) in [7, 11) is 0. The number of fused-ring (bicyclic) bond motifs is 1. The minimum absolute atomic E-state index is 0.0381. The first-order valence-corrected chi connectivity index (χ1v) is 10.2. The lowest BCUT2D eigenvalue weighted by Gasteiger charge is -2.28. The van der Waals surface area contributed by atoms with E-state index in [2.05, 4.69) is 5.32 Å². The van der Waals surface area contributed by atoms with Crippen molar-refractivity contribution in [3.05, 3.63) is 59.4 Å². The molecular weight excluding hydrogens is 389 g/mol. The summed E-state index contributed by atoms with van der Waals surface area (Å²) in [5.74, 6) is 0.0115. The van der Waals surface area contributed by atoms with Gasteiger partial charge in [0.1, 0.15) is 19.0 Å². The maximum atomic E-state index is 13.7. The number of carbonyl (C=O) groups excluding carboxylic acids is 2. The molecular formula is C23H24FNO5. The van der Waals surface area contributed by atoms with Gasteiger partial charge in [-0.2, -0.15) is 0 Å². The molecule has 0 atom stereocenters. The van der Waals surface area contributed by atoms with Crippen LogP contribution in [0.3, 0.4) is 0 Å². The highest BCUT2D eigenvalue weighted by Crippen LogP contribution is 2.45. The van der Waals surface area contributed by atoms with Gasteiger partial charge in [0.25, 0.3) is 5.91 Å². The van der Waals surface area contributed by atoms with Crippen molar-refractivity contribution in [1.29, 1.82) is 0 Å². The fourth-order valence-corrected chi connectivity index (χ4v) is 4.09. The van der Waals surface area contributed by atoms with Crippen molar-refractivity contribution < 1.29 is 28.2 Å². The van der Waals surface area contributed by atoms with E-state index in [0.29, 0.717) is 43.1 Å². The van der Waals surface area contributed by atoms with Crippen LogP contribution in [0.4, 0.5) is 4.39 Å². The van der Waals surface area contributed by atoms with Gasteiger partial charge in [-0.1, -0.05) is 37.1 Å². The minimum atomic E-state index is -0.790. The molecule has 2 aromatic carbocycles. The first-order chi connectivity index (χ1) is 14.6. The number of halogens is 1. The van der Waals surface area contributed by atoms with Crippen molar-refractivity contribution >= 4 is 11.9 Å². The van der Waals surface area contributed by atoms with Crippen LogP contribution in [0.15, 0.2) is 42.5 Å². The molecule has 7 heteroatoms. The second kappa shape index (κ2) is 8.73. The Kier molecular flexibility index (Phi) is 5.88. The molecule has 1 N–H and O–H groups in total. The zero-order chi connectivity index (χ0) is 21.0. The third-order valence-corrected chi connectivity index (χ3v) is 5.71. The largest absolute Gasteiger partial charge is 0.486 e. The third-order valence-electron chi connectivity index (χ3n) is 5.71. The Morgan fingerprint density at radius 1 is 1.03 bits per heavy atom. The van der Waals surface area contributed by atoms with Crippen LogP contribution >= 0.6 is 0 Å². The van der Waals surface area contributed by atoms with Gasteiger partial charge in [0.05, 0.1) is 5.41 Å². The molecule has 1 aliphatic carbocycles. The molecule has 0 spiro atoms. The van der Waals surface area contributed by atoms with Gasteiger partial charge in [-0.25, -0.2) is 4.39 Å². The van der Waals surface area contributed by atoms with Gasteiger partial charge < -0.3 is 19.5 Å². The maximum Gasteiger partial charge on any atom is 0.317 e. The number of nitrogens with one attached hydrogen (secondary N) is 1. The molecule has 1 saturated carbocycles. The number of ether oxygens (including phenoxy) is 3. The molecule has 6 nitrogen and oxygen atoms in total. The Balaban J connectivity index is 1.40. The molecule has 4 rings (SSSR count). The van der Waals surface area contributed by atoms with E-state index in [1.807, 2.05) is 18.2 Å². The highest BCUT2D eigenvalue weighted by Gasteiger charge is 2.45. The van der Waals surface area contributed by atoms with Gasteiger partial charge in [0.15, 0.2) is 18.1 Å². The lowest BCUT2D eigenvalue weighted by Crippen LogP contribution is -2.37. The molecule has 2 aliphatic rings. The summed E-state index contributed by atoms with van der Waals surface area (Å²) < 4.78 is 30.3. The Labute approximate surface area is 174 Å². The molecule has 30 heavy (non-hydrogen) atoms. The number of rotatable bonds is 6. The van der Waals surface area contributed by atoms with E-state index >= 15 is 0 Å². The Hall–Kier alpha value is -3.09. The van der Waals surface area contributed by atoms with Gasteiger partial charge >= 0.3 is 5.97 Å². The Morgan fingerprint density at radius 3 is 2.53 bits per heavy atom. The molecule has 0 saturated heterocycles. The van der Waals surface area contributed by atoms with Crippen LogP contribution in [0.2, 0.25) is 0 Å². The summed E-state index contributed by atoms with van der Waals surface area (Å²) >= 11 is 0. The standard InChI is InChI=1S/C23H24FNO5/c24-18-6-2-1-5-16(18)14-25-21(26)15-30-22(27)23(9-3-4-10-23)17-7-8-19-20(13-17)29-12-11-28-19/h1-2,5-8,13H,3-4,9-12,14-15H2,(H,25,26). The number of carbonyl (C=O) groups is 2. The topological polar surface area (TPSA) is 73.9 Å². The Bertz CT molecular complexity index is 939. The van der Waals surface area contributed by atoms with Crippen LogP contribution < -0.4 is 14.8 Å². The summed E-state index contributed by atoms with van der Waals surface area (Å²) in [6.07, 6.45) is 3.12. The van der Waals surface area contributed by atoms with Gasteiger partial charge in [-0.15, -0.1) is 0 Å². The monoisotopic (exact) mass is 413 g/mol. The van der Waals surface area contributed by atoms with E-state index in [-0.39, 0.29) is 6.54 Å². The number of hydrogen-bond acceptors (Lipinski definition) is 5. The van der Waals surface area contributed by atoms with Crippen molar-refractivity contribution in [3.8, 4) is 11.5 Å². The second-order valence-corrected chi connectivity index (χ2v) is 7.59. The number of benzene rings is 2. The zero-order valence-corrected chi connectivity index (χ0v) is 16.6. The van der Waals surface area contributed by atoms with E-state index in [4.69, 9.17) is 14.2 Å². The lowest BCUT2D eigenvalue weighted by atomic mass is 9.78.